The number of carbonyl (C=O) groups is 1. The van der Waals surface area contributed by atoms with Crippen molar-refractivity contribution in [3.63, 3.8) is 0 Å². The van der Waals surface area contributed by atoms with Crippen LogP contribution in [-0.2, 0) is 11.3 Å². The predicted octanol–water partition coefficient (Wildman–Crippen LogP) is 1.46. The first-order valence-corrected chi connectivity index (χ1v) is 4.44. The van der Waals surface area contributed by atoms with Crippen LogP contribution in [0.25, 0.3) is 0 Å². The molecule has 5 heteroatoms. The second-order valence-corrected chi connectivity index (χ2v) is 3.25. The molecule has 0 unspecified atom stereocenters. The number of ether oxygens (including phenoxy) is 2. The monoisotopic (exact) mass is 213 g/mol. The maximum atomic E-state index is 11.4. The van der Waals surface area contributed by atoms with Gasteiger partial charge in [-0.25, -0.2) is 4.98 Å². The number of fused-ring (bicyclic) bond motifs is 1. The molecule has 2 rings (SSSR count). The van der Waals surface area contributed by atoms with E-state index in [1.54, 1.807) is 6.07 Å². The number of pyridine rings is 1. The van der Waals surface area contributed by atoms with E-state index in [2.05, 4.69) is 4.98 Å². The van der Waals surface area contributed by atoms with Gasteiger partial charge >= 0.3 is 0 Å². The predicted molar refractivity (Wildman–Crippen MR) is 49.8 cm³/mol. The van der Waals surface area contributed by atoms with E-state index < -0.39 is 0 Å². The summed E-state index contributed by atoms with van der Waals surface area (Å²) in [5, 5.41) is 0.254. The molecule has 1 aliphatic rings. The zero-order chi connectivity index (χ0) is 10.1. The van der Waals surface area contributed by atoms with E-state index >= 15 is 0 Å². The lowest BCUT2D eigenvalue weighted by atomic mass is 10.1. The highest BCUT2D eigenvalue weighted by Gasteiger charge is 2.21. The molecular formula is C9H8ClNO3. The average molecular weight is 214 g/mol. The van der Waals surface area contributed by atoms with Gasteiger partial charge in [0.15, 0.2) is 16.7 Å². The Morgan fingerprint density at radius 3 is 3.07 bits per heavy atom. The van der Waals surface area contributed by atoms with Crippen molar-refractivity contribution in [3.8, 4) is 5.75 Å². The van der Waals surface area contributed by atoms with Crippen LogP contribution in [0.1, 0.15) is 16.1 Å². The van der Waals surface area contributed by atoms with Crippen molar-refractivity contribution in [1.82, 2.24) is 4.98 Å². The first kappa shape index (κ1) is 9.43. The highest BCUT2D eigenvalue weighted by molar-refractivity contribution is 6.31. The number of ketones is 1. The summed E-state index contributed by atoms with van der Waals surface area (Å²) < 4.78 is 10.00. The largest absolute Gasteiger partial charge is 0.494 e. The summed E-state index contributed by atoms with van der Waals surface area (Å²) in [7, 11) is 1.49. The van der Waals surface area contributed by atoms with Gasteiger partial charge in [-0.05, 0) is 6.07 Å². The number of hydrogen-bond donors (Lipinski definition) is 0. The Hall–Kier alpha value is -1.13. The second-order valence-electron chi connectivity index (χ2n) is 2.89. The smallest absolute Gasteiger partial charge is 0.190 e. The SMILES string of the molecule is COc1cc2c(nc1Cl)COCC2=O. The first-order valence-electron chi connectivity index (χ1n) is 4.06. The summed E-state index contributed by atoms with van der Waals surface area (Å²) in [5.74, 6) is 0.328. The van der Waals surface area contributed by atoms with Gasteiger partial charge < -0.3 is 9.47 Å². The Bertz CT molecular complexity index is 392. The highest BCUT2D eigenvalue weighted by atomic mass is 35.5. The first-order chi connectivity index (χ1) is 6.72. The van der Waals surface area contributed by atoms with E-state index in [0.29, 0.717) is 23.6 Å². The third-order valence-electron chi connectivity index (χ3n) is 2.02. The molecule has 1 aliphatic heterocycles. The van der Waals surface area contributed by atoms with Crippen LogP contribution in [0.2, 0.25) is 5.15 Å². The van der Waals surface area contributed by atoms with Crippen LogP contribution in [0.5, 0.6) is 5.75 Å². The van der Waals surface area contributed by atoms with Crippen molar-refractivity contribution in [1.29, 1.82) is 0 Å². The van der Waals surface area contributed by atoms with Crippen LogP contribution in [0.4, 0.5) is 0 Å². The lowest BCUT2D eigenvalue weighted by Gasteiger charge is -2.15. The zero-order valence-electron chi connectivity index (χ0n) is 7.54. The van der Waals surface area contributed by atoms with Gasteiger partial charge in [-0.2, -0.15) is 0 Å². The summed E-state index contributed by atoms with van der Waals surface area (Å²) in [6.07, 6.45) is 0. The van der Waals surface area contributed by atoms with E-state index in [-0.39, 0.29) is 17.5 Å². The van der Waals surface area contributed by atoms with Gasteiger partial charge in [-0.1, -0.05) is 11.6 Å². The van der Waals surface area contributed by atoms with Crippen molar-refractivity contribution in [3.05, 3.63) is 22.5 Å². The molecule has 0 bridgehead atoms. The third-order valence-corrected chi connectivity index (χ3v) is 2.29. The molecule has 0 saturated carbocycles. The van der Waals surface area contributed by atoms with Crippen molar-refractivity contribution < 1.29 is 14.3 Å². The molecule has 74 valence electrons. The fourth-order valence-corrected chi connectivity index (χ4v) is 1.55. The lowest BCUT2D eigenvalue weighted by molar-refractivity contribution is 0.0654. The Kier molecular flexibility index (Phi) is 2.39. The third kappa shape index (κ3) is 1.47. The molecule has 0 atom stereocenters. The maximum Gasteiger partial charge on any atom is 0.190 e. The molecule has 1 aromatic rings. The quantitative estimate of drug-likeness (QED) is 0.663. The van der Waals surface area contributed by atoms with E-state index in [0.717, 1.165) is 0 Å². The molecule has 0 aromatic carbocycles. The minimum Gasteiger partial charge on any atom is -0.494 e. The maximum absolute atomic E-state index is 11.4. The number of rotatable bonds is 1. The summed E-state index contributed by atoms with van der Waals surface area (Å²) in [6, 6.07) is 1.61. The summed E-state index contributed by atoms with van der Waals surface area (Å²) in [6.45, 7) is 0.421. The van der Waals surface area contributed by atoms with Crippen LogP contribution in [0.15, 0.2) is 6.07 Å². The molecule has 0 fully saturated rings. The molecule has 4 nitrogen and oxygen atoms in total. The van der Waals surface area contributed by atoms with Gasteiger partial charge in [0, 0.05) is 5.56 Å². The van der Waals surface area contributed by atoms with Crippen LogP contribution in [-0.4, -0.2) is 24.5 Å². The van der Waals surface area contributed by atoms with E-state index in [1.807, 2.05) is 0 Å². The summed E-state index contributed by atoms with van der Waals surface area (Å²) in [4.78, 5) is 15.4. The topological polar surface area (TPSA) is 48.4 Å². The standard InChI is InChI=1S/C9H8ClNO3/c1-13-8-2-5-6(11-9(8)10)3-14-4-7(5)12/h2H,3-4H2,1H3. The van der Waals surface area contributed by atoms with Crippen molar-refractivity contribution in [2.75, 3.05) is 13.7 Å². The molecule has 2 heterocycles. The Morgan fingerprint density at radius 2 is 2.36 bits per heavy atom. The highest BCUT2D eigenvalue weighted by Crippen LogP contribution is 2.27. The number of Topliss-reactive ketones (excluding diaryl/α,β-unsaturated/α-hetero) is 1. The molecule has 0 radical (unpaired) electrons. The van der Waals surface area contributed by atoms with E-state index in [9.17, 15) is 4.79 Å². The molecule has 0 N–H and O–H groups in total. The van der Waals surface area contributed by atoms with Crippen molar-refractivity contribution >= 4 is 17.4 Å². The molecule has 14 heavy (non-hydrogen) atoms. The molecule has 0 aliphatic carbocycles. The number of hydrogen-bond acceptors (Lipinski definition) is 4. The minimum atomic E-state index is -0.0892. The summed E-state index contributed by atoms with van der Waals surface area (Å²) >= 11 is 5.81. The number of carbonyl (C=O) groups excluding carboxylic acids is 1. The van der Waals surface area contributed by atoms with Crippen LogP contribution < -0.4 is 4.74 Å². The average Bonchev–Trinajstić information content (AvgIpc) is 2.17. The molecule has 1 aromatic heterocycles. The fourth-order valence-electron chi connectivity index (χ4n) is 1.32. The van der Waals surface area contributed by atoms with Gasteiger partial charge in [0.25, 0.3) is 0 Å². The van der Waals surface area contributed by atoms with Crippen LogP contribution in [0, 0.1) is 0 Å². The van der Waals surface area contributed by atoms with E-state index in [4.69, 9.17) is 21.1 Å². The van der Waals surface area contributed by atoms with E-state index in [1.165, 1.54) is 7.11 Å². The molecular weight excluding hydrogens is 206 g/mol. The van der Waals surface area contributed by atoms with Gasteiger partial charge in [0.05, 0.1) is 19.4 Å². The Labute approximate surface area is 85.8 Å². The zero-order valence-corrected chi connectivity index (χ0v) is 8.30. The van der Waals surface area contributed by atoms with Gasteiger partial charge in [0.2, 0.25) is 0 Å². The molecule has 0 saturated heterocycles. The van der Waals surface area contributed by atoms with Crippen LogP contribution in [0.3, 0.4) is 0 Å². The van der Waals surface area contributed by atoms with Gasteiger partial charge in [-0.3, -0.25) is 4.79 Å². The molecule has 0 amide bonds. The number of aromatic nitrogens is 1. The fraction of sp³-hybridized carbons (Fsp3) is 0.333. The Morgan fingerprint density at radius 1 is 1.57 bits per heavy atom. The second kappa shape index (κ2) is 3.55. The number of halogens is 1. The summed E-state index contributed by atoms with van der Waals surface area (Å²) in [5.41, 5.74) is 1.12. The molecule has 0 spiro atoms. The number of methoxy groups -OCH3 is 1. The Balaban J connectivity index is 2.54. The van der Waals surface area contributed by atoms with Gasteiger partial charge in [-0.15, -0.1) is 0 Å². The van der Waals surface area contributed by atoms with Crippen LogP contribution >= 0.6 is 11.6 Å². The van der Waals surface area contributed by atoms with Crippen molar-refractivity contribution in [2.24, 2.45) is 0 Å². The van der Waals surface area contributed by atoms with Gasteiger partial charge in [0.1, 0.15) is 6.61 Å². The van der Waals surface area contributed by atoms with Crippen molar-refractivity contribution in [2.45, 2.75) is 6.61 Å². The number of nitrogens with zero attached hydrogens (tertiary/aromatic N) is 1. The lowest BCUT2D eigenvalue weighted by Crippen LogP contribution is -2.19. The minimum absolute atomic E-state index is 0.0892. The normalized spacial score (nSPS) is 15.1.